The van der Waals surface area contributed by atoms with Crippen LogP contribution >= 0.6 is 23.6 Å². The van der Waals surface area contributed by atoms with Crippen molar-refractivity contribution in [3.05, 3.63) is 45.9 Å². The highest BCUT2D eigenvalue weighted by atomic mass is 32.1. The van der Waals surface area contributed by atoms with Gasteiger partial charge in [0.05, 0.1) is 17.6 Å². The second kappa shape index (κ2) is 5.93. The van der Waals surface area contributed by atoms with Gasteiger partial charge in [0.25, 0.3) is 0 Å². The third-order valence-corrected chi connectivity index (χ3v) is 3.99. The zero-order valence-corrected chi connectivity index (χ0v) is 11.8. The summed E-state index contributed by atoms with van der Waals surface area (Å²) in [5.41, 5.74) is 7.12. The molecule has 0 amide bonds. The summed E-state index contributed by atoms with van der Waals surface area (Å²) < 4.78 is 0. The Hall–Kier alpha value is -1.46. The van der Waals surface area contributed by atoms with E-state index >= 15 is 0 Å². The van der Waals surface area contributed by atoms with E-state index in [-0.39, 0.29) is 0 Å². The number of rotatable bonds is 5. The number of pyridine rings is 1. The van der Waals surface area contributed by atoms with Gasteiger partial charge in [-0.3, -0.25) is 4.98 Å². The Balaban J connectivity index is 1.95. The Labute approximate surface area is 116 Å². The van der Waals surface area contributed by atoms with E-state index in [0.717, 1.165) is 18.7 Å². The Bertz CT molecular complexity index is 531. The molecule has 2 rings (SSSR count). The molecule has 0 saturated heterocycles. The van der Waals surface area contributed by atoms with Crippen molar-refractivity contribution in [1.29, 1.82) is 0 Å². The van der Waals surface area contributed by atoms with Gasteiger partial charge in [-0.05, 0) is 30.7 Å². The second-order valence-corrected chi connectivity index (χ2v) is 5.56. The molecule has 2 heterocycles. The maximum absolute atomic E-state index is 5.50. The third kappa shape index (κ3) is 3.27. The van der Waals surface area contributed by atoms with E-state index in [2.05, 4.69) is 29.4 Å². The van der Waals surface area contributed by atoms with Gasteiger partial charge in [-0.25, -0.2) is 0 Å². The molecule has 0 radical (unpaired) electrons. The van der Waals surface area contributed by atoms with Crippen molar-refractivity contribution < 1.29 is 0 Å². The van der Waals surface area contributed by atoms with E-state index in [9.17, 15) is 0 Å². The van der Waals surface area contributed by atoms with Crippen molar-refractivity contribution in [3.8, 4) is 0 Å². The normalized spacial score (nSPS) is 10.3. The van der Waals surface area contributed by atoms with Crippen LogP contribution in [0.15, 0.2) is 30.5 Å². The number of aryl methyl sites for hydroxylation is 1. The highest BCUT2D eigenvalue weighted by Crippen LogP contribution is 2.18. The first-order valence-corrected chi connectivity index (χ1v) is 6.99. The average molecular weight is 277 g/mol. The zero-order valence-electron chi connectivity index (χ0n) is 10.1. The first-order valence-electron chi connectivity index (χ1n) is 5.76. The van der Waals surface area contributed by atoms with Crippen molar-refractivity contribution in [3.63, 3.8) is 0 Å². The molecule has 0 unspecified atom stereocenters. The fraction of sp³-hybridized carbons (Fsp3) is 0.231. The molecular weight excluding hydrogens is 262 g/mol. The van der Waals surface area contributed by atoms with Crippen LogP contribution in [0, 0.1) is 0 Å². The molecule has 0 spiro atoms. The number of nitrogens with two attached hydrogens (primary N) is 1. The van der Waals surface area contributed by atoms with Gasteiger partial charge in [-0.2, -0.15) is 0 Å². The zero-order chi connectivity index (χ0) is 13.0. The molecule has 0 bridgehead atoms. The highest BCUT2D eigenvalue weighted by Gasteiger charge is 2.00. The largest absolute Gasteiger partial charge is 0.388 e. The Morgan fingerprint density at radius 1 is 1.33 bits per heavy atom. The molecule has 2 aromatic rings. The molecule has 0 aliphatic carbocycles. The topological polar surface area (TPSA) is 50.9 Å². The van der Waals surface area contributed by atoms with Gasteiger partial charge in [0.1, 0.15) is 4.99 Å². The lowest BCUT2D eigenvalue weighted by atomic mass is 10.3. The number of hydrogen-bond donors (Lipinski definition) is 2. The van der Waals surface area contributed by atoms with Gasteiger partial charge in [0, 0.05) is 16.3 Å². The first kappa shape index (κ1) is 13.0. The molecule has 3 nitrogen and oxygen atoms in total. The predicted octanol–water partition coefficient (Wildman–Crippen LogP) is 2.95. The minimum absolute atomic E-state index is 0.326. The van der Waals surface area contributed by atoms with E-state index in [4.69, 9.17) is 18.0 Å². The van der Waals surface area contributed by atoms with Gasteiger partial charge < -0.3 is 11.1 Å². The van der Waals surface area contributed by atoms with Gasteiger partial charge in [-0.15, -0.1) is 11.3 Å². The van der Waals surface area contributed by atoms with Crippen LogP contribution in [0.1, 0.15) is 22.4 Å². The minimum Gasteiger partial charge on any atom is -0.388 e. The molecule has 0 aliphatic rings. The second-order valence-electron chi connectivity index (χ2n) is 3.87. The molecule has 0 atom stereocenters. The molecule has 0 saturated carbocycles. The minimum atomic E-state index is 0.326. The quantitative estimate of drug-likeness (QED) is 0.825. The Kier molecular flexibility index (Phi) is 4.28. The van der Waals surface area contributed by atoms with Crippen molar-refractivity contribution in [2.45, 2.75) is 19.9 Å². The van der Waals surface area contributed by atoms with Gasteiger partial charge in [-0.1, -0.05) is 19.1 Å². The molecule has 94 valence electrons. The lowest BCUT2D eigenvalue weighted by molar-refractivity contribution is 1.17. The molecule has 0 aliphatic heterocycles. The Morgan fingerprint density at radius 3 is 2.67 bits per heavy atom. The number of thiocarbonyl (C=S) groups is 1. The predicted molar refractivity (Wildman–Crippen MR) is 81.1 cm³/mol. The summed E-state index contributed by atoms with van der Waals surface area (Å²) in [6, 6.07) is 8.11. The number of thiophene rings is 1. The fourth-order valence-corrected chi connectivity index (χ4v) is 2.56. The molecule has 0 fully saturated rings. The lowest BCUT2D eigenvalue weighted by Gasteiger charge is -2.05. The number of nitrogens with one attached hydrogen (secondary N) is 1. The van der Waals surface area contributed by atoms with Crippen LogP contribution in [0.5, 0.6) is 0 Å². The number of nitrogens with zero attached hydrogens (tertiary/aromatic N) is 1. The lowest BCUT2D eigenvalue weighted by Crippen LogP contribution is -2.11. The molecule has 18 heavy (non-hydrogen) atoms. The van der Waals surface area contributed by atoms with Gasteiger partial charge >= 0.3 is 0 Å². The standard InChI is InChI=1S/C13H15N3S2/c1-2-10-4-5-11(18-10)8-15-9-3-6-12(13(14)17)16-7-9/h3-7,15H,2,8H2,1H3,(H2,14,17). The number of anilines is 1. The van der Waals surface area contributed by atoms with Crippen LogP contribution in [-0.2, 0) is 13.0 Å². The molecule has 3 N–H and O–H groups in total. The smallest absolute Gasteiger partial charge is 0.122 e. The van der Waals surface area contributed by atoms with E-state index in [1.807, 2.05) is 23.5 Å². The van der Waals surface area contributed by atoms with Crippen molar-refractivity contribution in [1.82, 2.24) is 4.98 Å². The van der Waals surface area contributed by atoms with Gasteiger partial charge in [0.15, 0.2) is 0 Å². The van der Waals surface area contributed by atoms with Crippen LogP contribution in [0.25, 0.3) is 0 Å². The number of hydrogen-bond acceptors (Lipinski definition) is 4. The summed E-state index contributed by atoms with van der Waals surface area (Å²) in [6.07, 6.45) is 2.84. The maximum atomic E-state index is 5.50. The van der Waals surface area contributed by atoms with E-state index < -0.39 is 0 Å². The van der Waals surface area contributed by atoms with Gasteiger partial charge in [0.2, 0.25) is 0 Å². The number of aromatic nitrogens is 1. The van der Waals surface area contributed by atoms with Crippen LogP contribution < -0.4 is 11.1 Å². The summed E-state index contributed by atoms with van der Waals surface area (Å²) in [4.78, 5) is 7.25. The van der Waals surface area contributed by atoms with Crippen molar-refractivity contribution in [2.24, 2.45) is 5.73 Å². The summed E-state index contributed by atoms with van der Waals surface area (Å²) >= 11 is 6.70. The molecular formula is C13H15N3S2. The summed E-state index contributed by atoms with van der Waals surface area (Å²) in [6.45, 7) is 2.99. The van der Waals surface area contributed by atoms with E-state index in [1.165, 1.54) is 9.75 Å². The summed E-state index contributed by atoms with van der Waals surface area (Å²) in [5, 5.41) is 3.33. The van der Waals surface area contributed by atoms with E-state index in [1.54, 1.807) is 6.20 Å². The average Bonchev–Trinajstić information content (AvgIpc) is 2.85. The van der Waals surface area contributed by atoms with Crippen molar-refractivity contribution >= 4 is 34.2 Å². The molecule has 0 aromatic carbocycles. The van der Waals surface area contributed by atoms with Crippen molar-refractivity contribution in [2.75, 3.05) is 5.32 Å². The fourth-order valence-electron chi connectivity index (χ4n) is 1.54. The molecule has 2 aromatic heterocycles. The first-order chi connectivity index (χ1) is 8.69. The van der Waals surface area contributed by atoms with Crippen LogP contribution in [0.4, 0.5) is 5.69 Å². The molecule has 5 heteroatoms. The highest BCUT2D eigenvalue weighted by molar-refractivity contribution is 7.80. The van der Waals surface area contributed by atoms with Crippen LogP contribution in [0.3, 0.4) is 0 Å². The summed E-state index contributed by atoms with van der Waals surface area (Å²) in [5.74, 6) is 0. The van der Waals surface area contributed by atoms with E-state index in [0.29, 0.717) is 10.7 Å². The van der Waals surface area contributed by atoms with Crippen LogP contribution in [-0.4, -0.2) is 9.97 Å². The maximum Gasteiger partial charge on any atom is 0.122 e. The Morgan fingerprint density at radius 2 is 2.11 bits per heavy atom. The third-order valence-electron chi connectivity index (χ3n) is 2.55. The summed E-state index contributed by atoms with van der Waals surface area (Å²) in [7, 11) is 0. The van der Waals surface area contributed by atoms with Crippen LogP contribution in [0.2, 0.25) is 0 Å². The SMILES string of the molecule is CCc1ccc(CNc2ccc(C(N)=S)nc2)s1. The monoisotopic (exact) mass is 277 g/mol.